The second kappa shape index (κ2) is 7.12. The van der Waals surface area contributed by atoms with Gasteiger partial charge in [0.05, 0.1) is 0 Å². The molecule has 84 valence electrons. The van der Waals surface area contributed by atoms with Gasteiger partial charge in [-0.15, -0.1) is 0 Å². The van der Waals surface area contributed by atoms with Crippen molar-refractivity contribution in [2.24, 2.45) is 0 Å². The summed E-state index contributed by atoms with van der Waals surface area (Å²) in [5.74, 6) is -0.365. The number of ketones is 1. The lowest BCUT2D eigenvalue weighted by Crippen LogP contribution is -2.05. The molecule has 0 saturated heterocycles. The molecule has 14 heavy (non-hydrogen) atoms. The van der Waals surface area contributed by atoms with Crippen LogP contribution in [-0.2, 0) is 14.1 Å². The Kier molecular flexibility index (Phi) is 7.01. The van der Waals surface area contributed by atoms with Gasteiger partial charge in [-0.2, -0.15) is 0 Å². The minimum atomic E-state index is -4.16. The summed E-state index contributed by atoms with van der Waals surface area (Å²) in [6.45, 7) is 0.659. The van der Waals surface area contributed by atoms with E-state index in [2.05, 4.69) is 0 Å². The van der Waals surface area contributed by atoms with Crippen molar-refractivity contribution in [1.82, 2.24) is 0 Å². The van der Waals surface area contributed by atoms with Crippen molar-refractivity contribution < 1.29 is 23.9 Å². The Bertz CT molecular complexity index is 210. The monoisotopic (exact) mass is 224 g/mol. The molecule has 0 spiro atoms. The summed E-state index contributed by atoms with van der Waals surface area (Å²) < 4.78 is 15.3. The van der Waals surface area contributed by atoms with Crippen LogP contribution in [0.2, 0.25) is 0 Å². The van der Waals surface area contributed by atoms with Gasteiger partial charge in [-0.3, -0.25) is 9.36 Å². The van der Waals surface area contributed by atoms with E-state index in [1.165, 1.54) is 0 Å². The minimum Gasteiger partial charge on any atom is -0.385 e. The molecule has 0 rings (SSSR count). The second-order valence-electron chi connectivity index (χ2n) is 3.16. The lowest BCUT2D eigenvalue weighted by atomic mass is 10.1. The van der Waals surface area contributed by atoms with E-state index >= 15 is 0 Å². The van der Waals surface area contributed by atoms with E-state index in [4.69, 9.17) is 14.5 Å². The number of carbonyl (C=O) groups is 1. The van der Waals surface area contributed by atoms with Gasteiger partial charge in [0.25, 0.3) is 0 Å². The summed E-state index contributed by atoms with van der Waals surface area (Å²) in [4.78, 5) is 28.0. The zero-order valence-electron chi connectivity index (χ0n) is 8.31. The average Bonchev–Trinajstić information content (AvgIpc) is 2.00. The first-order valence-corrected chi connectivity index (χ1v) is 6.30. The molecule has 6 heteroatoms. The van der Waals surface area contributed by atoms with Crippen LogP contribution in [0.1, 0.15) is 25.7 Å². The molecule has 2 N–H and O–H groups in total. The SMILES string of the molecule is COCCCCCC(=O)CP(=O)(O)O. The highest BCUT2D eigenvalue weighted by Crippen LogP contribution is 2.34. The maximum absolute atomic E-state index is 11.0. The maximum atomic E-state index is 11.0. The lowest BCUT2D eigenvalue weighted by Gasteiger charge is -2.02. The normalized spacial score (nSPS) is 11.6. The molecule has 0 heterocycles. The molecule has 0 amide bonds. The van der Waals surface area contributed by atoms with Crippen molar-refractivity contribution in [2.75, 3.05) is 19.9 Å². The summed E-state index contributed by atoms with van der Waals surface area (Å²) in [5.41, 5.74) is 0. The molecule has 0 aromatic heterocycles. The Morgan fingerprint density at radius 2 is 1.93 bits per heavy atom. The lowest BCUT2D eigenvalue weighted by molar-refractivity contribution is -0.117. The number of methoxy groups -OCH3 is 1. The first-order chi connectivity index (χ1) is 6.45. The largest absolute Gasteiger partial charge is 0.385 e. The van der Waals surface area contributed by atoms with Gasteiger partial charge >= 0.3 is 7.60 Å². The average molecular weight is 224 g/mol. The fourth-order valence-electron chi connectivity index (χ4n) is 1.05. The third kappa shape index (κ3) is 9.86. The number of ether oxygens (including phenoxy) is 1. The van der Waals surface area contributed by atoms with Crippen LogP contribution in [0.3, 0.4) is 0 Å². The Morgan fingerprint density at radius 3 is 2.43 bits per heavy atom. The number of unbranched alkanes of at least 4 members (excludes halogenated alkanes) is 2. The molecule has 5 nitrogen and oxygen atoms in total. The summed E-state index contributed by atoms with van der Waals surface area (Å²) in [7, 11) is -2.55. The van der Waals surface area contributed by atoms with Crippen molar-refractivity contribution in [3.63, 3.8) is 0 Å². The van der Waals surface area contributed by atoms with Gasteiger partial charge in [0, 0.05) is 20.1 Å². The number of hydrogen-bond acceptors (Lipinski definition) is 3. The molecule has 0 unspecified atom stereocenters. The van der Waals surface area contributed by atoms with E-state index < -0.39 is 13.8 Å². The van der Waals surface area contributed by atoms with Crippen LogP contribution in [-0.4, -0.2) is 35.4 Å². The Morgan fingerprint density at radius 1 is 1.29 bits per heavy atom. The van der Waals surface area contributed by atoms with Crippen LogP contribution in [0.4, 0.5) is 0 Å². The number of hydrogen-bond donors (Lipinski definition) is 2. The van der Waals surface area contributed by atoms with Gasteiger partial charge in [-0.25, -0.2) is 0 Å². The van der Waals surface area contributed by atoms with Crippen LogP contribution in [0.15, 0.2) is 0 Å². The highest BCUT2D eigenvalue weighted by atomic mass is 31.2. The molecular formula is C8H17O5P. The smallest absolute Gasteiger partial charge is 0.332 e. The van der Waals surface area contributed by atoms with Crippen molar-refractivity contribution in [1.29, 1.82) is 0 Å². The first-order valence-electron chi connectivity index (χ1n) is 4.51. The zero-order valence-corrected chi connectivity index (χ0v) is 9.20. The number of Topliss-reactive ketones (excluding diaryl/α,β-unsaturated/α-hetero) is 1. The molecule has 0 aromatic carbocycles. The van der Waals surface area contributed by atoms with Crippen LogP contribution in [0.25, 0.3) is 0 Å². The second-order valence-corrected chi connectivity index (χ2v) is 4.81. The molecule has 0 radical (unpaired) electrons. The molecule has 0 aliphatic rings. The summed E-state index contributed by atoms with van der Waals surface area (Å²) in [5, 5.41) is 0. The summed E-state index contributed by atoms with van der Waals surface area (Å²) in [6.07, 6.45) is 2.01. The number of rotatable bonds is 8. The van der Waals surface area contributed by atoms with Crippen LogP contribution in [0.5, 0.6) is 0 Å². The van der Waals surface area contributed by atoms with E-state index in [1.54, 1.807) is 7.11 Å². The highest BCUT2D eigenvalue weighted by molar-refractivity contribution is 7.52. The van der Waals surface area contributed by atoms with Gasteiger partial charge in [-0.05, 0) is 12.8 Å². The minimum absolute atomic E-state index is 0.245. The van der Waals surface area contributed by atoms with Gasteiger partial charge in [0.2, 0.25) is 0 Å². The molecule has 0 fully saturated rings. The van der Waals surface area contributed by atoms with Crippen molar-refractivity contribution in [3.05, 3.63) is 0 Å². The quantitative estimate of drug-likeness (QED) is 0.473. The predicted molar refractivity (Wildman–Crippen MR) is 52.3 cm³/mol. The van der Waals surface area contributed by atoms with E-state index in [9.17, 15) is 9.36 Å². The molecule has 0 aliphatic carbocycles. The number of carbonyl (C=O) groups excluding carboxylic acids is 1. The van der Waals surface area contributed by atoms with Crippen LogP contribution >= 0.6 is 7.60 Å². The standard InChI is InChI=1S/C8H17O5P/c1-13-6-4-2-3-5-8(9)7-14(10,11)12/h2-7H2,1H3,(H2,10,11,12). The molecule has 0 aromatic rings. The van der Waals surface area contributed by atoms with E-state index in [-0.39, 0.29) is 12.2 Å². The van der Waals surface area contributed by atoms with Crippen molar-refractivity contribution >= 4 is 13.4 Å². The summed E-state index contributed by atoms with van der Waals surface area (Å²) in [6, 6.07) is 0. The Balaban J connectivity index is 3.41. The fraction of sp³-hybridized carbons (Fsp3) is 0.875. The molecule has 0 aliphatic heterocycles. The highest BCUT2D eigenvalue weighted by Gasteiger charge is 2.17. The van der Waals surface area contributed by atoms with Crippen molar-refractivity contribution in [3.8, 4) is 0 Å². The Labute approximate surface area is 83.6 Å². The molecule has 0 saturated carbocycles. The zero-order chi connectivity index (χ0) is 11.0. The third-order valence-electron chi connectivity index (χ3n) is 1.69. The first kappa shape index (κ1) is 13.8. The fourth-order valence-corrected chi connectivity index (χ4v) is 1.67. The van der Waals surface area contributed by atoms with E-state index in [0.29, 0.717) is 13.0 Å². The van der Waals surface area contributed by atoms with Crippen LogP contribution < -0.4 is 0 Å². The van der Waals surface area contributed by atoms with Gasteiger partial charge in [0.1, 0.15) is 11.9 Å². The maximum Gasteiger partial charge on any atom is 0.332 e. The topological polar surface area (TPSA) is 83.8 Å². The van der Waals surface area contributed by atoms with Gasteiger partial charge in [0.15, 0.2) is 0 Å². The Hall–Kier alpha value is -0.220. The van der Waals surface area contributed by atoms with Crippen molar-refractivity contribution in [2.45, 2.75) is 25.7 Å². The van der Waals surface area contributed by atoms with E-state index in [0.717, 1.165) is 12.8 Å². The molecule has 0 atom stereocenters. The van der Waals surface area contributed by atoms with Gasteiger partial charge < -0.3 is 14.5 Å². The molecule has 0 bridgehead atoms. The van der Waals surface area contributed by atoms with Gasteiger partial charge in [-0.1, -0.05) is 6.42 Å². The van der Waals surface area contributed by atoms with E-state index in [1.807, 2.05) is 0 Å². The van der Waals surface area contributed by atoms with Crippen LogP contribution in [0, 0.1) is 0 Å². The molecular weight excluding hydrogens is 207 g/mol. The summed E-state index contributed by atoms with van der Waals surface area (Å²) >= 11 is 0. The third-order valence-corrected chi connectivity index (χ3v) is 2.45. The predicted octanol–water partition coefficient (Wildman–Crippen LogP) is 0.940.